The minimum Gasteiger partial charge on any atom is -0.466 e. The summed E-state index contributed by atoms with van der Waals surface area (Å²) in [6.45, 7) is 5.60. The molecule has 3 aliphatic carbocycles. The summed E-state index contributed by atoms with van der Waals surface area (Å²) in [4.78, 5) is 39.7. The predicted molar refractivity (Wildman–Crippen MR) is 124 cm³/mol. The molecule has 1 saturated carbocycles. The zero-order chi connectivity index (χ0) is 23.7. The van der Waals surface area contributed by atoms with E-state index in [9.17, 15) is 14.4 Å². The van der Waals surface area contributed by atoms with Crippen LogP contribution in [0.3, 0.4) is 0 Å². The average Bonchev–Trinajstić information content (AvgIpc) is 3.48. The van der Waals surface area contributed by atoms with E-state index in [4.69, 9.17) is 14.2 Å². The molecule has 1 heterocycles. The normalized spacial score (nSPS) is 27.5. The van der Waals surface area contributed by atoms with Gasteiger partial charge in [-0.2, -0.15) is 0 Å². The first kappa shape index (κ1) is 22.1. The molecule has 2 bridgehead atoms. The van der Waals surface area contributed by atoms with Crippen molar-refractivity contribution < 1.29 is 28.6 Å². The SMILES string of the molecule is COC(=O)C1=C(C(=O)OC)[C@@H]2C[C@H]1[C@@H]1[C@H]2c2c(sc3ccccc23)[C@H]1CC(=O)OC(C)(C)C. The maximum Gasteiger partial charge on any atom is 0.334 e. The van der Waals surface area contributed by atoms with Gasteiger partial charge in [0.25, 0.3) is 0 Å². The summed E-state index contributed by atoms with van der Waals surface area (Å²) >= 11 is 1.72. The highest BCUT2D eigenvalue weighted by Crippen LogP contribution is 2.70. The maximum atomic E-state index is 12.9. The van der Waals surface area contributed by atoms with Crippen molar-refractivity contribution in [3.8, 4) is 0 Å². The van der Waals surface area contributed by atoms with E-state index >= 15 is 0 Å². The molecule has 174 valence electrons. The number of methoxy groups -OCH3 is 2. The molecule has 0 N–H and O–H groups in total. The van der Waals surface area contributed by atoms with Crippen molar-refractivity contribution in [2.45, 2.75) is 51.0 Å². The van der Waals surface area contributed by atoms with E-state index in [0.29, 0.717) is 17.6 Å². The number of ether oxygens (including phenoxy) is 3. The number of fused-ring (bicyclic) bond motifs is 9. The van der Waals surface area contributed by atoms with Crippen LogP contribution in [-0.4, -0.2) is 37.7 Å². The number of hydrogen-bond acceptors (Lipinski definition) is 7. The van der Waals surface area contributed by atoms with Gasteiger partial charge in [0.15, 0.2) is 0 Å². The number of carbonyl (C=O) groups is 3. The minimum atomic E-state index is -0.568. The van der Waals surface area contributed by atoms with E-state index in [1.807, 2.05) is 32.9 Å². The number of hydrogen-bond donors (Lipinski definition) is 0. The zero-order valence-corrected chi connectivity index (χ0v) is 20.3. The Balaban J connectivity index is 1.65. The molecule has 33 heavy (non-hydrogen) atoms. The molecule has 2 aromatic rings. The second-order valence-corrected chi connectivity index (χ2v) is 11.2. The first-order chi connectivity index (χ1) is 15.7. The van der Waals surface area contributed by atoms with Crippen LogP contribution in [0.15, 0.2) is 35.4 Å². The lowest BCUT2D eigenvalue weighted by Crippen LogP contribution is -2.31. The van der Waals surface area contributed by atoms with Gasteiger partial charge in [-0.15, -0.1) is 11.3 Å². The number of carbonyl (C=O) groups excluding carboxylic acids is 3. The maximum absolute atomic E-state index is 12.9. The van der Waals surface area contributed by atoms with Gasteiger partial charge in [-0.05, 0) is 67.9 Å². The standard InChI is InChI=1S/C26H28O6S/c1-26(2,3)32-17(27)11-15-18-13-10-14(22(25(29)31-5)21(13)24(28)30-4)19(18)20-12-8-6-7-9-16(12)33-23(15)20/h6-9,13-15,18-19H,10-11H2,1-5H3/t13-,14+,15-,18-,19-/m0/s1. The molecule has 0 spiro atoms. The number of thiophene rings is 1. The third-order valence-corrected chi connectivity index (χ3v) is 8.59. The molecule has 5 atom stereocenters. The largest absolute Gasteiger partial charge is 0.466 e. The molecule has 0 amide bonds. The summed E-state index contributed by atoms with van der Waals surface area (Å²) in [5.41, 5.74) is 1.55. The molecule has 0 unspecified atom stereocenters. The van der Waals surface area contributed by atoms with Gasteiger partial charge < -0.3 is 14.2 Å². The Hall–Kier alpha value is -2.67. The Morgan fingerprint density at radius 2 is 1.64 bits per heavy atom. The van der Waals surface area contributed by atoms with Crippen molar-refractivity contribution in [3.05, 3.63) is 45.9 Å². The quantitative estimate of drug-likeness (QED) is 0.477. The molecule has 0 saturated heterocycles. The zero-order valence-electron chi connectivity index (χ0n) is 19.5. The Bertz CT molecular complexity index is 1200. The van der Waals surface area contributed by atoms with Crippen molar-refractivity contribution in [3.63, 3.8) is 0 Å². The molecule has 0 radical (unpaired) electrons. The van der Waals surface area contributed by atoms with Gasteiger partial charge in [0.1, 0.15) is 5.60 Å². The van der Waals surface area contributed by atoms with Crippen molar-refractivity contribution in [1.29, 1.82) is 0 Å². The molecular weight excluding hydrogens is 440 g/mol. The van der Waals surface area contributed by atoms with E-state index in [1.165, 1.54) is 34.7 Å². The molecule has 1 fully saturated rings. The predicted octanol–water partition coefficient (Wildman–Crippen LogP) is 4.72. The Morgan fingerprint density at radius 1 is 1.00 bits per heavy atom. The summed E-state index contributed by atoms with van der Waals surface area (Å²) in [5.74, 6) is -1.39. The first-order valence-electron chi connectivity index (χ1n) is 11.3. The molecule has 0 aliphatic heterocycles. The highest BCUT2D eigenvalue weighted by molar-refractivity contribution is 7.19. The highest BCUT2D eigenvalue weighted by Gasteiger charge is 2.63. The summed E-state index contributed by atoms with van der Waals surface area (Å²) in [7, 11) is 2.68. The number of rotatable bonds is 4. The van der Waals surface area contributed by atoms with Crippen molar-refractivity contribution in [2.75, 3.05) is 14.2 Å². The van der Waals surface area contributed by atoms with Gasteiger partial charge in [0, 0.05) is 15.5 Å². The Labute approximate surface area is 196 Å². The summed E-state index contributed by atoms with van der Waals surface area (Å²) in [5, 5.41) is 1.18. The van der Waals surface area contributed by atoms with Crippen LogP contribution in [0.4, 0.5) is 0 Å². The fraction of sp³-hybridized carbons (Fsp3) is 0.500. The second kappa shape index (κ2) is 7.69. The number of benzene rings is 1. The van der Waals surface area contributed by atoms with Crippen LogP contribution in [0, 0.1) is 17.8 Å². The van der Waals surface area contributed by atoms with Crippen LogP contribution < -0.4 is 0 Å². The Kier molecular flexibility index (Phi) is 5.16. The molecule has 7 heteroatoms. The summed E-state index contributed by atoms with van der Waals surface area (Å²) < 4.78 is 17.0. The van der Waals surface area contributed by atoms with E-state index in [1.54, 1.807) is 11.3 Å². The van der Waals surface area contributed by atoms with Crippen LogP contribution in [0.25, 0.3) is 10.1 Å². The summed E-state index contributed by atoms with van der Waals surface area (Å²) in [6.07, 6.45) is 0.947. The van der Waals surface area contributed by atoms with Crippen molar-refractivity contribution in [2.24, 2.45) is 17.8 Å². The lowest BCUT2D eigenvalue weighted by atomic mass is 9.72. The fourth-order valence-corrected chi connectivity index (χ4v) is 7.86. The minimum absolute atomic E-state index is 0.0517. The van der Waals surface area contributed by atoms with Crippen molar-refractivity contribution in [1.82, 2.24) is 0 Å². The van der Waals surface area contributed by atoms with Gasteiger partial charge in [-0.3, -0.25) is 4.79 Å². The number of esters is 3. The third-order valence-electron chi connectivity index (χ3n) is 7.27. The van der Waals surface area contributed by atoms with Crippen LogP contribution in [-0.2, 0) is 28.6 Å². The Morgan fingerprint density at radius 3 is 2.27 bits per heavy atom. The van der Waals surface area contributed by atoms with Crippen LogP contribution >= 0.6 is 11.3 Å². The van der Waals surface area contributed by atoms with Gasteiger partial charge in [-0.25, -0.2) is 9.59 Å². The molecule has 6 nitrogen and oxygen atoms in total. The molecule has 5 rings (SSSR count). The molecule has 1 aromatic heterocycles. The van der Waals surface area contributed by atoms with E-state index in [2.05, 4.69) is 12.1 Å². The molecular formula is C26H28O6S. The van der Waals surface area contributed by atoms with Gasteiger partial charge >= 0.3 is 17.9 Å². The van der Waals surface area contributed by atoms with Gasteiger partial charge in [0.05, 0.1) is 31.8 Å². The van der Waals surface area contributed by atoms with Crippen LogP contribution in [0.1, 0.15) is 55.9 Å². The van der Waals surface area contributed by atoms with Gasteiger partial charge in [-0.1, -0.05) is 18.2 Å². The average molecular weight is 469 g/mol. The van der Waals surface area contributed by atoms with Crippen molar-refractivity contribution >= 4 is 39.3 Å². The van der Waals surface area contributed by atoms with Crippen LogP contribution in [0.2, 0.25) is 0 Å². The third kappa shape index (κ3) is 3.31. The molecule has 3 aliphatic rings. The molecule has 1 aromatic carbocycles. The highest BCUT2D eigenvalue weighted by atomic mass is 32.1. The fourth-order valence-electron chi connectivity index (χ4n) is 6.44. The second-order valence-electron chi connectivity index (χ2n) is 10.1. The topological polar surface area (TPSA) is 78.9 Å². The van der Waals surface area contributed by atoms with E-state index < -0.39 is 17.5 Å². The first-order valence-corrected chi connectivity index (χ1v) is 12.1. The lowest BCUT2D eigenvalue weighted by Gasteiger charge is -2.32. The monoisotopic (exact) mass is 468 g/mol. The van der Waals surface area contributed by atoms with Crippen LogP contribution in [0.5, 0.6) is 0 Å². The smallest absolute Gasteiger partial charge is 0.334 e. The van der Waals surface area contributed by atoms with E-state index in [0.717, 1.165) is 0 Å². The van der Waals surface area contributed by atoms with Gasteiger partial charge in [0.2, 0.25) is 0 Å². The summed E-state index contributed by atoms with van der Waals surface area (Å²) in [6, 6.07) is 8.26. The van der Waals surface area contributed by atoms with E-state index in [-0.39, 0.29) is 42.0 Å². The lowest BCUT2D eigenvalue weighted by molar-refractivity contribution is -0.155.